The fourth-order valence-corrected chi connectivity index (χ4v) is 3.33. The molecule has 4 rings (SSSR count). The van der Waals surface area contributed by atoms with Gasteiger partial charge in [-0.2, -0.15) is 13.2 Å². The van der Waals surface area contributed by atoms with E-state index in [0.717, 1.165) is 11.8 Å². The van der Waals surface area contributed by atoms with E-state index in [9.17, 15) is 18.0 Å². The number of amides is 1. The first kappa shape index (κ1) is 20.5. The van der Waals surface area contributed by atoms with Crippen molar-refractivity contribution in [2.45, 2.75) is 12.6 Å². The van der Waals surface area contributed by atoms with E-state index in [1.807, 2.05) is 12.1 Å². The molecule has 31 heavy (non-hydrogen) atoms. The van der Waals surface area contributed by atoms with Gasteiger partial charge in [0.1, 0.15) is 0 Å². The highest BCUT2D eigenvalue weighted by molar-refractivity contribution is 6.31. The zero-order valence-corrected chi connectivity index (χ0v) is 16.3. The summed E-state index contributed by atoms with van der Waals surface area (Å²) in [5.41, 5.74) is 1.96. The van der Waals surface area contributed by atoms with Crippen LogP contribution in [0, 0.1) is 0 Å². The highest BCUT2D eigenvalue weighted by Gasteiger charge is 2.34. The van der Waals surface area contributed by atoms with Crippen LogP contribution in [0.3, 0.4) is 0 Å². The van der Waals surface area contributed by atoms with Crippen molar-refractivity contribution in [2.75, 3.05) is 22.5 Å². The van der Waals surface area contributed by atoms with Gasteiger partial charge >= 0.3 is 6.18 Å². The molecule has 0 fully saturated rings. The van der Waals surface area contributed by atoms with Crippen molar-refractivity contribution in [2.24, 2.45) is 0 Å². The summed E-state index contributed by atoms with van der Waals surface area (Å²) >= 11 is 0. The van der Waals surface area contributed by atoms with Crippen LogP contribution in [0.15, 0.2) is 73.1 Å². The molecule has 1 aromatic heterocycles. The molecule has 2 heterocycles. The van der Waals surface area contributed by atoms with E-state index in [0.29, 0.717) is 29.8 Å². The van der Waals surface area contributed by atoms with Crippen molar-refractivity contribution in [1.29, 1.82) is 0 Å². The van der Waals surface area contributed by atoms with Gasteiger partial charge in [0.25, 0.3) is 5.91 Å². The Morgan fingerprint density at radius 3 is 2.61 bits per heavy atom. The predicted octanol–water partition coefficient (Wildman–Crippen LogP) is 5.16. The van der Waals surface area contributed by atoms with Gasteiger partial charge in [-0.15, -0.1) is 0 Å². The van der Waals surface area contributed by atoms with Crippen LogP contribution in [0.5, 0.6) is 0 Å². The molecule has 0 unspecified atom stereocenters. The van der Waals surface area contributed by atoms with Gasteiger partial charge in [0.05, 0.1) is 11.1 Å². The zero-order chi connectivity index (χ0) is 21.8. The lowest BCUT2D eigenvalue weighted by Gasteiger charge is -2.16. The first-order valence-electron chi connectivity index (χ1n) is 9.64. The van der Waals surface area contributed by atoms with E-state index in [-0.39, 0.29) is 17.3 Å². The summed E-state index contributed by atoms with van der Waals surface area (Å²) < 4.78 is 40.9. The lowest BCUT2D eigenvalue weighted by molar-refractivity contribution is -0.136. The largest absolute Gasteiger partial charge is 0.418 e. The van der Waals surface area contributed by atoms with Crippen molar-refractivity contribution in [3.05, 3.63) is 89.9 Å². The van der Waals surface area contributed by atoms with Crippen LogP contribution >= 0.6 is 0 Å². The fraction of sp³-hybridized carbons (Fsp3) is 0.130. The molecule has 0 bridgehead atoms. The van der Waals surface area contributed by atoms with Crippen LogP contribution in [0.25, 0.3) is 5.57 Å². The Morgan fingerprint density at radius 1 is 1.03 bits per heavy atom. The highest BCUT2D eigenvalue weighted by atomic mass is 19.4. The summed E-state index contributed by atoms with van der Waals surface area (Å²) in [5, 5.41) is 8.39. The molecule has 0 aliphatic carbocycles. The number of hydrogen-bond donors (Lipinski definition) is 3. The van der Waals surface area contributed by atoms with Crippen LogP contribution in [0.4, 0.5) is 30.2 Å². The van der Waals surface area contributed by atoms with Crippen molar-refractivity contribution >= 4 is 28.5 Å². The summed E-state index contributed by atoms with van der Waals surface area (Å²) in [6, 6.07) is 16.5. The Hall–Kier alpha value is -3.81. The van der Waals surface area contributed by atoms with Gasteiger partial charge in [0.15, 0.2) is 0 Å². The molecule has 0 spiro atoms. The number of benzene rings is 2. The number of alkyl halides is 3. The summed E-state index contributed by atoms with van der Waals surface area (Å²) in [5.74, 6) is -0.308. The molecular weight excluding hydrogens is 405 g/mol. The Morgan fingerprint density at radius 2 is 1.84 bits per heavy atom. The second-order valence-electron chi connectivity index (χ2n) is 6.96. The van der Waals surface area contributed by atoms with Gasteiger partial charge in [-0.25, -0.2) is 0 Å². The quantitative estimate of drug-likeness (QED) is 0.478. The normalized spacial score (nSPS) is 14.3. The average Bonchev–Trinajstić information content (AvgIpc) is 3.08. The molecule has 1 aliphatic heterocycles. The third kappa shape index (κ3) is 4.69. The van der Waals surface area contributed by atoms with E-state index in [1.165, 1.54) is 18.3 Å². The van der Waals surface area contributed by atoms with E-state index in [1.54, 1.807) is 36.5 Å². The molecule has 0 radical (unpaired) electrons. The Labute approximate surface area is 177 Å². The lowest BCUT2D eigenvalue weighted by Crippen LogP contribution is -2.13. The number of pyridine rings is 1. The SMILES string of the molecule is O=C1Nc2ccccc2C1=CNc1ccc(NCCc2ccccn2)c(C(F)(F)F)c1. The number of hydrogen-bond acceptors (Lipinski definition) is 4. The molecule has 0 atom stereocenters. The molecular formula is C23H19F3N4O. The number of anilines is 3. The number of rotatable bonds is 6. The molecule has 8 heteroatoms. The number of carbonyl (C=O) groups excluding carboxylic acids is 1. The number of fused-ring (bicyclic) bond motifs is 1. The van der Waals surface area contributed by atoms with Crippen LogP contribution < -0.4 is 16.0 Å². The molecule has 2 aromatic carbocycles. The van der Waals surface area contributed by atoms with Crippen LogP contribution in [0.2, 0.25) is 0 Å². The molecule has 5 nitrogen and oxygen atoms in total. The second-order valence-corrected chi connectivity index (χ2v) is 6.96. The van der Waals surface area contributed by atoms with Crippen LogP contribution in [0.1, 0.15) is 16.8 Å². The van der Waals surface area contributed by atoms with E-state index in [2.05, 4.69) is 20.9 Å². The summed E-state index contributed by atoms with van der Waals surface area (Å²) in [6.07, 6.45) is -0.965. The third-order valence-corrected chi connectivity index (χ3v) is 4.84. The monoisotopic (exact) mass is 424 g/mol. The molecule has 1 aliphatic rings. The Kier molecular flexibility index (Phi) is 5.62. The van der Waals surface area contributed by atoms with E-state index >= 15 is 0 Å². The molecule has 0 saturated heterocycles. The van der Waals surface area contributed by atoms with Gasteiger partial charge in [-0.3, -0.25) is 9.78 Å². The highest BCUT2D eigenvalue weighted by Crippen LogP contribution is 2.37. The third-order valence-electron chi connectivity index (χ3n) is 4.84. The van der Waals surface area contributed by atoms with Crippen molar-refractivity contribution in [1.82, 2.24) is 4.98 Å². The van der Waals surface area contributed by atoms with E-state index in [4.69, 9.17) is 0 Å². The number of halogens is 3. The first-order chi connectivity index (χ1) is 14.9. The smallest absolute Gasteiger partial charge is 0.384 e. The molecule has 1 amide bonds. The second kappa shape index (κ2) is 8.51. The van der Waals surface area contributed by atoms with Gasteiger partial charge < -0.3 is 16.0 Å². The first-order valence-corrected chi connectivity index (χ1v) is 9.64. The van der Waals surface area contributed by atoms with Crippen molar-refractivity contribution in [3.63, 3.8) is 0 Å². The van der Waals surface area contributed by atoms with Crippen LogP contribution in [-0.4, -0.2) is 17.4 Å². The minimum atomic E-state index is -4.53. The van der Waals surface area contributed by atoms with Gasteiger partial charge in [0, 0.05) is 53.7 Å². The summed E-state index contributed by atoms with van der Waals surface area (Å²) in [7, 11) is 0. The average molecular weight is 424 g/mol. The number of carbonyl (C=O) groups is 1. The molecule has 0 saturated carbocycles. The minimum Gasteiger partial charge on any atom is -0.384 e. The zero-order valence-electron chi connectivity index (χ0n) is 16.3. The van der Waals surface area contributed by atoms with Crippen molar-refractivity contribution < 1.29 is 18.0 Å². The Bertz CT molecular complexity index is 1130. The topological polar surface area (TPSA) is 66.1 Å². The summed E-state index contributed by atoms with van der Waals surface area (Å²) in [6.45, 7) is 0.313. The summed E-state index contributed by atoms with van der Waals surface area (Å²) in [4.78, 5) is 16.3. The van der Waals surface area contributed by atoms with Gasteiger partial charge in [0.2, 0.25) is 0 Å². The Balaban J connectivity index is 1.51. The lowest BCUT2D eigenvalue weighted by atomic mass is 10.1. The molecule has 3 aromatic rings. The van der Waals surface area contributed by atoms with Gasteiger partial charge in [-0.1, -0.05) is 24.3 Å². The predicted molar refractivity (Wildman–Crippen MR) is 115 cm³/mol. The fourth-order valence-electron chi connectivity index (χ4n) is 3.33. The maximum absolute atomic E-state index is 13.6. The molecule has 158 valence electrons. The maximum atomic E-state index is 13.6. The number of nitrogens with zero attached hydrogens (tertiary/aromatic N) is 1. The number of aromatic nitrogens is 1. The number of nitrogens with one attached hydrogen (secondary N) is 3. The molecule has 3 N–H and O–H groups in total. The maximum Gasteiger partial charge on any atom is 0.418 e. The van der Waals surface area contributed by atoms with E-state index < -0.39 is 11.7 Å². The van der Waals surface area contributed by atoms with Crippen molar-refractivity contribution in [3.8, 4) is 0 Å². The standard InChI is InChI=1S/C23H19F3N4O/c24-23(25,26)19-13-16(8-9-21(19)28-12-10-15-5-3-4-11-27-15)29-14-18-17-6-1-2-7-20(17)30-22(18)31/h1-9,11,13-14,28-29H,10,12H2,(H,30,31). The minimum absolute atomic E-state index is 0.00871. The van der Waals surface area contributed by atoms with Crippen LogP contribution in [-0.2, 0) is 17.4 Å². The number of para-hydroxylation sites is 1. The van der Waals surface area contributed by atoms with Gasteiger partial charge in [-0.05, 0) is 36.4 Å².